The van der Waals surface area contributed by atoms with E-state index in [0.717, 1.165) is 31.6 Å². The van der Waals surface area contributed by atoms with Gasteiger partial charge in [-0.25, -0.2) is 0 Å². The molecule has 112 valence electrons. The summed E-state index contributed by atoms with van der Waals surface area (Å²) in [6.45, 7) is 1.46. The predicted octanol–water partition coefficient (Wildman–Crippen LogP) is 2.90. The van der Waals surface area contributed by atoms with E-state index in [4.69, 9.17) is 26.9 Å². The summed E-state index contributed by atoms with van der Waals surface area (Å²) in [6, 6.07) is 7.55. The first-order valence-corrected chi connectivity index (χ1v) is 7.62. The molecule has 1 aromatic rings. The number of benzene rings is 1. The number of rotatable bonds is 8. The van der Waals surface area contributed by atoms with Gasteiger partial charge in [-0.15, -0.1) is 0 Å². The fraction of sp³-hybridized carbons (Fsp3) is 0.600. The van der Waals surface area contributed by atoms with E-state index in [1.54, 1.807) is 0 Å². The zero-order valence-electron chi connectivity index (χ0n) is 11.7. The Kier molecular flexibility index (Phi) is 6.60. The van der Waals surface area contributed by atoms with Crippen molar-refractivity contribution in [3.8, 4) is 5.75 Å². The van der Waals surface area contributed by atoms with Crippen molar-refractivity contribution >= 4 is 11.6 Å². The Morgan fingerprint density at radius 1 is 1.50 bits per heavy atom. The van der Waals surface area contributed by atoms with Crippen molar-refractivity contribution in [3.05, 3.63) is 29.3 Å². The van der Waals surface area contributed by atoms with Crippen LogP contribution >= 0.6 is 11.6 Å². The quantitative estimate of drug-likeness (QED) is 0.572. The van der Waals surface area contributed by atoms with Gasteiger partial charge in [0.1, 0.15) is 12.4 Å². The smallest absolute Gasteiger partial charge is 0.120 e. The average Bonchev–Trinajstić information content (AvgIpc) is 2.96. The molecule has 4 nitrogen and oxygen atoms in total. The molecule has 3 N–H and O–H groups in total. The van der Waals surface area contributed by atoms with Crippen molar-refractivity contribution in [2.24, 2.45) is 5.84 Å². The number of halogens is 1. The first kappa shape index (κ1) is 15.6. The Hall–Kier alpha value is -0.810. The molecule has 1 saturated heterocycles. The van der Waals surface area contributed by atoms with Crippen molar-refractivity contribution in [1.82, 2.24) is 5.43 Å². The molecule has 1 heterocycles. The van der Waals surface area contributed by atoms with Gasteiger partial charge in [0.2, 0.25) is 0 Å². The summed E-state index contributed by atoms with van der Waals surface area (Å²) in [5.41, 5.74) is 2.81. The third-order valence-corrected chi connectivity index (χ3v) is 3.82. The van der Waals surface area contributed by atoms with Gasteiger partial charge in [0, 0.05) is 11.6 Å². The molecule has 0 radical (unpaired) electrons. The minimum atomic E-state index is 0.149. The molecule has 1 aromatic carbocycles. The molecule has 2 atom stereocenters. The lowest BCUT2D eigenvalue weighted by atomic mass is 10.1. The van der Waals surface area contributed by atoms with Gasteiger partial charge >= 0.3 is 0 Å². The minimum Gasteiger partial charge on any atom is -0.492 e. The first-order valence-electron chi connectivity index (χ1n) is 7.24. The van der Waals surface area contributed by atoms with Crippen LogP contribution in [0.15, 0.2) is 24.3 Å². The lowest BCUT2D eigenvalue weighted by molar-refractivity contribution is 0.100. The maximum absolute atomic E-state index is 5.92. The van der Waals surface area contributed by atoms with Crippen molar-refractivity contribution < 1.29 is 9.47 Å². The van der Waals surface area contributed by atoms with E-state index < -0.39 is 0 Å². The van der Waals surface area contributed by atoms with Crippen molar-refractivity contribution in [2.45, 2.75) is 44.2 Å². The van der Waals surface area contributed by atoms with Crippen LogP contribution in [0.5, 0.6) is 5.75 Å². The zero-order chi connectivity index (χ0) is 14.2. The van der Waals surface area contributed by atoms with Gasteiger partial charge in [-0.05, 0) is 50.3 Å². The highest BCUT2D eigenvalue weighted by atomic mass is 35.5. The number of hydrogen-bond acceptors (Lipinski definition) is 4. The molecular formula is C15H23ClN2O2. The monoisotopic (exact) mass is 298 g/mol. The van der Waals surface area contributed by atoms with Crippen LogP contribution < -0.4 is 16.0 Å². The SMILES string of the molecule is NNC(CCCC1CCCO1)COc1cccc(Cl)c1. The largest absolute Gasteiger partial charge is 0.492 e. The summed E-state index contributed by atoms with van der Waals surface area (Å²) in [6.07, 6.45) is 6.02. The van der Waals surface area contributed by atoms with Crippen LogP contribution in [0.2, 0.25) is 5.02 Å². The molecule has 0 aliphatic carbocycles. The summed E-state index contributed by atoms with van der Waals surface area (Å²) in [4.78, 5) is 0. The molecule has 2 rings (SSSR count). The highest BCUT2D eigenvalue weighted by Crippen LogP contribution is 2.19. The molecule has 0 aromatic heterocycles. The maximum atomic E-state index is 5.92. The van der Waals surface area contributed by atoms with Crippen molar-refractivity contribution in [3.63, 3.8) is 0 Å². The van der Waals surface area contributed by atoms with Gasteiger partial charge < -0.3 is 9.47 Å². The number of hydrazine groups is 1. The van der Waals surface area contributed by atoms with Crippen LogP contribution in [0.25, 0.3) is 0 Å². The van der Waals surface area contributed by atoms with Crippen molar-refractivity contribution in [1.29, 1.82) is 0 Å². The standard InChI is InChI=1S/C15H23ClN2O2/c16-12-4-1-7-15(10-12)20-11-13(18-17)5-2-6-14-8-3-9-19-14/h1,4,7,10,13-14,18H,2-3,5-6,8-9,11,17H2. The van der Waals surface area contributed by atoms with Crippen LogP contribution in [0, 0.1) is 0 Å². The molecule has 1 aliphatic rings. The van der Waals surface area contributed by atoms with Gasteiger partial charge in [0.05, 0.1) is 12.1 Å². The van der Waals surface area contributed by atoms with Crippen LogP contribution in [-0.2, 0) is 4.74 Å². The molecule has 5 heteroatoms. The van der Waals surface area contributed by atoms with E-state index in [1.807, 2.05) is 24.3 Å². The van der Waals surface area contributed by atoms with E-state index in [2.05, 4.69) is 5.43 Å². The molecule has 0 spiro atoms. The summed E-state index contributed by atoms with van der Waals surface area (Å²) < 4.78 is 11.3. The Morgan fingerprint density at radius 3 is 3.10 bits per heavy atom. The van der Waals surface area contributed by atoms with Gasteiger partial charge in [-0.1, -0.05) is 17.7 Å². The van der Waals surface area contributed by atoms with E-state index in [0.29, 0.717) is 17.7 Å². The molecule has 0 bridgehead atoms. The normalized spacial score (nSPS) is 20.0. The third-order valence-electron chi connectivity index (χ3n) is 3.59. The van der Waals surface area contributed by atoms with Crippen LogP contribution in [0.1, 0.15) is 32.1 Å². The molecule has 0 amide bonds. The van der Waals surface area contributed by atoms with Crippen LogP contribution in [-0.4, -0.2) is 25.4 Å². The molecule has 20 heavy (non-hydrogen) atoms. The third kappa shape index (κ3) is 5.29. The fourth-order valence-corrected chi connectivity index (χ4v) is 2.61. The number of ether oxygens (including phenoxy) is 2. The maximum Gasteiger partial charge on any atom is 0.120 e. The minimum absolute atomic E-state index is 0.149. The van der Waals surface area contributed by atoms with Gasteiger partial charge in [0.25, 0.3) is 0 Å². The second kappa shape index (κ2) is 8.47. The Bertz CT molecular complexity index is 397. The Labute approximate surface area is 125 Å². The van der Waals surface area contributed by atoms with E-state index >= 15 is 0 Å². The number of nitrogens with one attached hydrogen (secondary N) is 1. The molecule has 2 unspecified atom stereocenters. The summed E-state index contributed by atoms with van der Waals surface area (Å²) in [7, 11) is 0. The molecule has 0 saturated carbocycles. The van der Waals surface area contributed by atoms with E-state index in [1.165, 1.54) is 12.8 Å². The Morgan fingerprint density at radius 2 is 2.40 bits per heavy atom. The number of nitrogens with two attached hydrogens (primary N) is 1. The summed E-state index contributed by atoms with van der Waals surface area (Å²) in [5, 5.41) is 0.679. The zero-order valence-corrected chi connectivity index (χ0v) is 12.4. The lowest BCUT2D eigenvalue weighted by Crippen LogP contribution is -2.39. The second-order valence-electron chi connectivity index (χ2n) is 5.20. The summed E-state index contributed by atoms with van der Waals surface area (Å²) >= 11 is 5.92. The first-order chi connectivity index (χ1) is 9.78. The van der Waals surface area contributed by atoms with Crippen molar-refractivity contribution in [2.75, 3.05) is 13.2 Å². The fourth-order valence-electron chi connectivity index (χ4n) is 2.43. The van der Waals surface area contributed by atoms with Crippen LogP contribution in [0.3, 0.4) is 0 Å². The highest BCUT2D eigenvalue weighted by Gasteiger charge is 2.16. The highest BCUT2D eigenvalue weighted by molar-refractivity contribution is 6.30. The molecule has 1 fully saturated rings. The second-order valence-corrected chi connectivity index (χ2v) is 5.63. The predicted molar refractivity (Wildman–Crippen MR) is 80.9 cm³/mol. The summed E-state index contributed by atoms with van der Waals surface area (Å²) in [5.74, 6) is 6.35. The molecular weight excluding hydrogens is 276 g/mol. The van der Waals surface area contributed by atoms with E-state index in [9.17, 15) is 0 Å². The van der Waals surface area contributed by atoms with Crippen LogP contribution in [0.4, 0.5) is 0 Å². The van der Waals surface area contributed by atoms with Gasteiger partial charge in [-0.2, -0.15) is 0 Å². The lowest BCUT2D eigenvalue weighted by Gasteiger charge is -2.17. The topological polar surface area (TPSA) is 56.5 Å². The average molecular weight is 299 g/mol. The Balaban J connectivity index is 1.66. The molecule has 1 aliphatic heterocycles. The van der Waals surface area contributed by atoms with Gasteiger partial charge in [0.15, 0.2) is 0 Å². The van der Waals surface area contributed by atoms with Gasteiger partial charge in [-0.3, -0.25) is 11.3 Å². The van der Waals surface area contributed by atoms with E-state index in [-0.39, 0.29) is 6.04 Å². The number of hydrogen-bond donors (Lipinski definition) is 2.